The number of anilines is 1. The molecule has 1 aromatic carbocycles. The highest BCUT2D eigenvalue weighted by Crippen LogP contribution is 2.24. The zero-order valence-corrected chi connectivity index (χ0v) is 10.3. The molecule has 1 aromatic rings. The molecular weight excluding hydrogens is 256 g/mol. The van der Waals surface area contributed by atoms with Crippen molar-refractivity contribution >= 4 is 29.2 Å². The number of nitrogens with one attached hydrogen (secondary N) is 2. The maximum atomic E-state index is 11.9. The van der Waals surface area contributed by atoms with E-state index in [-0.39, 0.29) is 28.2 Å². The third kappa shape index (κ3) is 2.63. The quantitative estimate of drug-likeness (QED) is 0.780. The number of hydrogen-bond donors (Lipinski definition) is 3. The summed E-state index contributed by atoms with van der Waals surface area (Å²) in [5.74, 6) is -1.38. The van der Waals surface area contributed by atoms with Gasteiger partial charge in [-0.2, -0.15) is 0 Å². The Labute approximate surface area is 109 Å². The van der Waals surface area contributed by atoms with Gasteiger partial charge in [0.1, 0.15) is 5.56 Å². The van der Waals surface area contributed by atoms with Crippen LogP contribution in [0.25, 0.3) is 0 Å². The number of carboxylic acid groups (broad SMARTS) is 1. The summed E-state index contributed by atoms with van der Waals surface area (Å²) in [5.41, 5.74) is 0.152. The number of carboxylic acids is 1. The molecule has 1 aliphatic rings. The molecule has 2 rings (SSSR count). The molecule has 0 saturated carbocycles. The Morgan fingerprint density at radius 2 is 2.22 bits per heavy atom. The van der Waals surface area contributed by atoms with E-state index < -0.39 is 5.97 Å². The third-order valence-electron chi connectivity index (χ3n) is 2.86. The van der Waals surface area contributed by atoms with Gasteiger partial charge in [0.05, 0.1) is 16.8 Å². The van der Waals surface area contributed by atoms with Crippen molar-refractivity contribution in [1.82, 2.24) is 5.32 Å². The number of aromatic carboxylic acids is 1. The van der Waals surface area contributed by atoms with Crippen molar-refractivity contribution in [2.45, 2.75) is 18.9 Å². The molecule has 1 fully saturated rings. The van der Waals surface area contributed by atoms with Crippen LogP contribution >= 0.6 is 11.6 Å². The number of rotatable bonds is 3. The van der Waals surface area contributed by atoms with E-state index in [4.69, 9.17) is 16.7 Å². The van der Waals surface area contributed by atoms with E-state index in [1.165, 1.54) is 12.1 Å². The predicted octanol–water partition coefficient (Wildman–Crippen LogP) is 1.73. The summed E-state index contributed by atoms with van der Waals surface area (Å²) < 4.78 is 0. The number of benzene rings is 1. The van der Waals surface area contributed by atoms with Gasteiger partial charge < -0.3 is 15.7 Å². The van der Waals surface area contributed by atoms with Gasteiger partial charge in [0.25, 0.3) is 0 Å². The second kappa shape index (κ2) is 5.37. The summed E-state index contributed by atoms with van der Waals surface area (Å²) in [5, 5.41) is 14.8. The molecular formula is C12H13ClN2O3. The fourth-order valence-corrected chi connectivity index (χ4v) is 2.23. The Bertz CT molecular complexity index is 484. The van der Waals surface area contributed by atoms with Crippen molar-refractivity contribution in [1.29, 1.82) is 0 Å². The number of halogens is 1. The van der Waals surface area contributed by atoms with Gasteiger partial charge in [-0.05, 0) is 31.5 Å². The molecule has 1 saturated heterocycles. The Morgan fingerprint density at radius 1 is 1.44 bits per heavy atom. The van der Waals surface area contributed by atoms with Crippen LogP contribution < -0.4 is 10.6 Å². The van der Waals surface area contributed by atoms with Gasteiger partial charge in [0.15, 0.2) is 0 Å². The maximum absolute atomic E-state index is 11.9. The smallest absolute Gasteiger partial charge is 0.339 e. The highest BCUT2D eigenvalue weighted by molar-refractivity contribution is 6.34. The summed E-state index contributed by atoms with van der Waals surface area (Å²) in [6.45, 7) is 0.805. The van der Waals surface area contributed by atoms with Gasteiger partial charge in [-0.1, -0.05) is 17.7 Å². The minimum Gasteiger partial charge on any atom is -0.478 e. The lowest BCUT2D eigenvalue weighted by atomic mass is 10.1. The van der Waals surface area contributed by atoms with E-state index in [0.717, 1.165) is 19.4 Å². The lowest BCUT2D eigenvalue weighted by molar-refractivity contribution is -0.117. The van der Waals surface area contributed by atoms with E-state index in [9.17, 15) is 9.59 Å². The number of amides is 1. The Hall–Kier alpha value is -1.59. The summed E-state index contributed by atoms with van der Waals surface area (Å²) >= 11 is 5.82. The molecule has 18 heavy (non-hydrogen) atoms. The average Bonchev–Trinajstić information content (AvgIpc) is 2.81. The second-order valence-corrected chi connectivity index (χ2v) is 4.51. The molecule has 5 nitrogen and oxygen atoms in total. The van der Waals surface area contributed by atoms with Crippen molar-refractivity contribution in [2.24, 2.45) is 0 Å². The van der Waals surface area contributed by atoms with Crippen LogP contribution in [0, 0.1) is 0 Å². The molecule has 1 heterocycles. The number of hydrogen-bond acceptors (Lipinski definition) is 3. The van der Waals surface area contributed by atoms with Gasteiger partial charge in [-0.25, -0.2) is 4.79 Å². The minimum absolute atomic E-state index is 0.0782. The predicted molar refractivity (Wildman–Crippen MR) is 68.1 cm³/mol. The first-order chi connectivity index (χ1) is 8.59. The van der Waals surface area contributed by atoms with Gasteiger partial charge in [0.2, 0.25) is 5.91 Å². The molecule has 1 amide bonds. The molecule has 0 spiro atoms. The number of carbonyl (C=O) groups is 2. The fourth-order valence-electron chi connectivity index (χ4n) is 1.97. The monoisotopic (exact) mass is 268 g/mol. The summed E-state index contributed by atoms with van der Waals surface area (Å²) in [4.78, 5) is 23.0. The normalized spacial score (nSPS) is 18.6. The van der Waals surface area contributed by atoms with E-state index >= 15 is 0 Å². The van der Waals surface area contributed by atoms with Crippen LogP contribution in [0.5, 0.6) is 0 Å². The first-order valence-corrected chi connectivity index (χ1v) is 6.03. The first kappa shape index (κ1) is 12.9. The molecule has 0 radical (unpaired) electrons. The minimum atomic E-state index is -1.16. The van der Waals surface area contributed by atoms with Gasteiger partial charge in [-0.15, -0.1) is 0 Å². The zero-order valence-electron chi connectivity index (χ0n) is 9.57. The maximum Gasteiger partial charge on any atom is 0.339 e. The fraction of sp³-hybridized carbons (Fsp3) is 0.333. The topological polar surface area (TPSA) is 78.4 Å². The van der Waals surface area contributed by atoms with Crippen molar-refractivity contribution < 1.29 is 14.7 Å². The van der Waals surface area contributed by atoms with Crippen LogP contribution in [-0.4, -0.2) is 29.6 Å². The van der Waals surface area contributed by atoms with Crippen LogP contribution in [0.1, 0.15) is 23.2 Å². The Kier molecular flexibility index (Phi) is 3.84. The van der Waals surface area contributed by atoms with Crippen LogP contribution in [0.2, 0.25) is 5.02 Å². The van der Waals surface area contributed by atoms with E-state index in [1.54, 1.807) is 6.07 Å². The standard InChI is InChI=1S/C12H13ClN2O3/c13-7-3-1-4-8(10(7)12(17)18)15-11(16)9-5-2-6-14-9/h1,3-4,9,14H,2,5-6H2,(H,15,16)(H,17,18)/t9-/m1/s1. The molecule has 1 atom stereocenters. The molecule has 0 aliphatic carbocycles. The van der Waals surface area contributed by atoms with E-state index in [2.05, 4.69) is 10.6 Å². The molecule has 1 aliphatic heterocycles. The van der Waals surface area contributed by atoms with Crippen LogP contribution in [0.15, 0.2) is 18.2 Å². The number of carbonyl (C=O) groups excluding carboxylic acids is 1. The van der Waals surface area contributed by atoms with Crippen molar-refractivity contribution in [3.8, 4) is 0 Å². The van der Waals surface area contributed by atoms with Gasteiger partial charge in [-0.3, -0.25) is 4.79 Å². The highest BCUT2D eigenvalue weighted by atomic mass is 35.5. The lowest BCUT2D eigenvalue weighted by Crippen LogP contribution is -2.35. The van der Waals surface area contributed by atoms with Crippen LogP contribution in [0.4, 0.5) is 5.69 Å². The third-order valence-corrected chi connectivity index (χ3v) is 3.18. The van der Waals surface area contributed by atoms with Crippen LogP contribution in [0.3, 0.4) is 0 Å². The van der Waals surface area contributed by atoms with Gasteiger partial charge >= 0.3 is 5.97 Å². The van der Waals surface area contributed by atoms with E-state index in [1.807, 2.05) is 0 Å². The van der Waals surface area contributed by atoms with Crippen molar-refractivity contribution in [3.63, 3.8) is 0 Å². The molecule has 96 valence electrons. The first-order valence-electron chi connectivity index (χ1n) is 5.65. The van der Waals surface area contributed by atoms with Crippen molar-refractivity contribution in [2.75, 3.05) is 11.9 Å². The highest BCUT2D eigenvalue weighted by Gasteiger charge is 2.24. The molecule has 0 unspecified atom stereocenters. The Balaban J connectivity index is 2.20. The molecule has 6 heteroatoms. The average molecular weight is 269 g/mol. The molecule has 0 aromatic heterocycles. The zero-order chi connectivity index (χ0) is 13.1. The van der Waals surface area contributed by atoms with Crippen molar-refractivity contribution in [3.05, 3.63) is 28.8 Å². The SMILES string of the molecule is O=C(O)c1c(Cl)cccc1NC(=O)[C@H]1CCCN1. The van der Waals surface area contributed by atoms with Crippen LogP contribution in [-0.2, 0) is 4.79 Å². The summed E-state index contributed by atoms with van der Waals surface area (Å²) in [6, 6.07) is 4.36. The molecule has 3 N–H and O–H groups in total. The van der Waals surface area contributed by atoms with Gasteiger partial charge in [0, 0.05) is 0 Å². The molecule has 0 bridgehead atoms. The largest absolute Gasteiger partial charge is 0.478 e. The summed E-state index contributed by atoms with van der Waals surface area (Å²) in [7, 11) is 0. The second-order valence-electron chi connectivity index (χ2n) is 4.11. The Morgan fingerprint density at radius 3 is 2.83 bits per heavy atom. The lowest BCUT2D eigenvalue weighted by Gasteiger charge is -2.13. The summed E-state index contributed by atoms with van der Waals surface area (Å²) in [6.07, 6.45) is 1.70. The van der Waals surface area contributed by atoms with E-state index in [0.29, 0.717) is 0 Å².